The molecule has 5 rings (SSSR count). The summed E-state index contributed by atoms with van der Waals surface area (Å²) in [6, 6.07) is 16.6. The van der Waals surface area contributed by atoms with E-state index in [1.54, 1.807) is 27.7 Å². The van der Waals surface area contributed by atoms with Crippen LogP contribution in [0.15, 0.2) is 87.7 Å². The summed E-state index contributed by atoms with van der Waals surface area (Å²) in [5.41, 5.74) is 1.75. The zero-order chi connectivity index (χ0) is 98.1. The van der Waals surface area contributed by atoms with Crippen LogP contribution in [-0.4, -0.2) is 274 Å². The second-order valence-electron chi connectivity index (χ2n) is 36.0. The number of nitrogens with zero attached hydrogens (tertiary/aromatic N) is 8. The van der Waals surface area contributed by atoms with Crippen LogP contribution in [0.1, 0.15) is 159 Å². The lowest BCUT2D eigenvalue weighted by Gasteiger charge is -2.29. The highest BCUT2D eigenvalue weighted by molar-refractivity contribution is 8.01. The van der Waals surface area contributed by atoms with Crippen molar-refractivity contribution in [2.24, 2.45) is 0 Å². The summed E-state index contributed by atoms with van der Waals surface area (Å²) in [7, 11) is 15.6. The second-order valence-corrected chi connectivity index (χ2v) is 40.3. The van der Waals surface area contributed by atoms with Crippen LogP contribution >= 0.6 is 47.0 Å². The number of carbonyl (C=O) groups excluding carboxylic acids is 8. The Morgan fingerprint density at radius 3 is 0.562 bits per heavy atom. The lowest BCUT2D eigenvalue weighted by molar-refractivity contribution is -0.883. The molecule has 0 spiro atoms. The first-order valence-corrected chi connectivity index (χ1v) is 44.5. The molecule has 720 valence electrons. The fourth-order valence-corrected chi connectivity index (χ4v) is 16.7. The number of fused-ring (bicyclic) bond motifs is 8. The zero-order valence-electron chi connectivity index (χ0n) is 78.2. The average molecular weight is 1890 g/mol. The number of quaternary nitrogens is 4. The fourth-order valence-electron chi connectivity index (χ4n) is 11.9. The first-order valence-electron chi connectivity index (χ1n) is 41.2. The Hall–Kier alpha value is -10.1. The third-order valence-corrected chi connectivity index (χ3v) is 22.5. The maximum atomic E-state index is 14.4. The standard InChI is InChI=1S/C84H128N8O16S4.4NO3/c1-25-101-73(97)49-89(17,18)37-29-33-85-69(93)53-105-77-61-41-57(81(5,6)7)42-62(77)110-64-44-59(83(11,12)13)46-66(79(64)107-55-71(95)87-35-31-39-91(21,22)51-75(99)103-27-3)112-68-48-60(84(14,15)16)47-67(80(68)108-56-72(96)88-36-32-40-92(23,24)52-76(100)104-28-4)111-65-45-58(82(8,9)10)43-63(109-61)78(65)106-54-70(94)86-34-30-38-90(19,20)50-74(98)102-26-2;4*2-1(3)4/h41-48H,25-40,49-56H2,1-24H3;;;;/q;4*-1/p+4. The highest BCUT2D eigenvalue weighted by Crippen LogP contribution is 2.57. The largest absolute Gasteiger partial charge is 0.481 e. The smallest absolute Gasteiger partial charge is 0.361 e. The molecule has 0 saturated carbocycles. The second kappa shape index (κ2) is 54.4. The fraction of sp³-hybridized carbons (Fsp3) is 0.619. The molecule has 1 heterocycles. The van der Waals surface area contributed by atoms with Crippen molar-refractivity contribution in [1.29, 1.82) is 0 Å². The Morgan fingerprint density at radius 2 is 0.438 bits per heavy atom. The van der Waals surface area contributed by atoms with Gasteiger partial charge in [-0.3, -0.25) is 19.2 Å². The van der Waals surface area contributed by atoms with Crippen molar-refractivity contribution in [3.8, 4) is 23.0 Å². The minimum Gasteiger partial charge on any atom is -0.481 e. The molecular formula is C84H132N12O28S4. The monoisotopic (exact) mass is 1880 g/mol. The van der Waals surface area contributed by atoms with Gasteiger partial charge in [0.2, 0.25) is 0 Å². The van der Waals surface area contributed by atoms with Crippen LogP contribution in [0.25, 0.3) is 0 Å². The molecular weight excluding hydrogens is 1750 g/mol. The van der Waals surface area contributed by atoms with Crippen LogP contribution in [0, 0.1) is 61.3 Å². The van der Waals surface area contributed by atoms with Crippen LogP contribution in [0.5, 0.6) is 23.0 Å². The summed E-state index contributed by atoms with van der Waals surface area (Å²) in [5.74, 6) is -1.21. The van der Waals surface area contributed by atoms with Gasteiger partial charge in [0.25, 0.3) is 23.6 Å². The van der Waals surface area contributed by atoms with Gasteiger partial charge in [-0.25, -0.2) is 19.2 Å². The number of ether oxygens (including phenoxy) is 8. The summed E-state index contributed by atoms with van der Waals surface area (Å²) in [6.07, 6.45) is 2.24. The van der Waals surface area contributed by atoms with Crippen LogP contribution < -0.4 is 40.2 Å². The molecule has 0 unspecified atom stereocenters. The quantitative estimate of drug-likeness (QED) is 0.00706. The minimum absolute atomic E-state index is 0.176. The van der Waals surface area contributed by atoms with Crippen LogP contribution in [0.3, 0.4) is 0 Å². The molecule has 0 saturated heterocycles. The van der Waals surface area contributed by atoms with Crippen molar-refractivity contribution in [1.82, 2.24) is 21.3 Å². The van der Waals surface area contributed by atoms with Crippen LogP contribution in [-0.2, 0) is 79.0 Å². The van der Waals surface area contributed by atoms with Crippen molar-refractivity contribution >= 4 is 94.6 Å². The van der Waals surface area contributed by atoms with Crippen LogP contribution in [0.4, 0.5) is 0 Å². The first-order chi connectivity index (χ1) is 59.0. The van der Waals surface area contributed by atoms with Gasteiger partial charge in [0.1, 0.15) is 23.0 Å². The molecule has 128 heavy (non-hydrogen) atoms. The van der Waals surface area contributed by atoms with Crippen molar-refractivity contribution in [2.45, 2.75) is 197 Å². The summed E-state index contributed by atoms with van der Waals surface area (Å²) in [6.45, 7) is 36.4. The molecule has 0 radical (unpaired) electrons. The Bertz CT molecular complexity index is 3720. The van der Waals surface area contributed by atoms with E-state index in [9.17, 15) is 38.4 Å². The highest BCUT2D eigenvalue weighted by atomic mass is 32.2. The summed E-state index contributed by atoms with van der Waals surface area (Å²) in [5, 5.41) is 71.3. The normalized spacial score (nSPS) is 12.1. The molecule has 4 aromatic carbocycles. The van der Waals surface area contributed by atoms with Crippen molar-refractivity contribution < 1.29 is 115 Å². The number of likely N-dealkylation sites (N-methyl/N-ethyl adjacent to an activating group) is 4. The SMILES string of the molecule is CCOC(=O)C[N+](C)(C)CCCNC(=O)COc1c2cc(C(C)(C)C)cc1Sc1cc(C(C)(C)C)cc(c1OCC(=O)NCCC[N+](C)(C)CC(=O)OCC)Sc1cc(C(C)(C)C)cc(c1OCC(=O)NCCC[N+](C)(C)CC(=O)OCC)Sc1cc(C(C)(C)C)cc(c1OCC(=O)NCCC[N+](C)(C)CC(=O)OCC)S2.O=[N+]([O-])[O-].O=[N+]([O-])[O-].O=[N+]([O-])[O-].O=[N+]([O-])[O-]. The van der Waals surface area contributed by atoms with E-state index in [0.717, 1.165) is 22.3 Å². The lowest BCUT2D eigenvalue weighted by Crippen LogP contribution is -2.46. The number of hydrogen-bond acceptors (Lipinski definition) is 32. The Kier molecular flexibility index (Phi) is 49.2. The molecule has 4 amide bonds. The molecule has 4 N–H and O–H groups in total. The van der Waals surface area contributed by atoms with Gasteiger partial charge >= 0.3 is 23.9 Å². The van der Waals surface area contributed by atoms with Gasteiger partial charge in [-0.05, 0) is 120 Å². The topological polar surface area (TPSA) is 523 Å². The first kappa shape index (κ1) is 116. The van der Waals surface area contributed by atoms with Gasteiger partial charge in [-0.1, -0.05) is 130 Å². The number of esters is 4. The van der Waals surface area contributed by atoms with E-state index in [2.05, 4.69) is 153 Å². The number of amides is 4. The minimum atomic E-state index is -1.75. The Labute approximate surface area is 766 Å². The van der Waals surface area contributed by atoms with E-state index in [4.69, 9.17) is 99.2 Å². The summed E-state index contributed by atoms with van der Waals surface area (Å²) >= 11 is 5.50. The molecule has 1 aliphatic heterocycles. The van der Waals surface area contributed by atoms with Gasteiger partial charge in [-0.15, -0.1) is 0 Å². The molecule has 40 nitrogen and oxygen atoms in total. The molecule has 0 aliphatic carbocycles. The lowest BCUT2D eigenvalue weighted by atomic mass is 9.87. The van der Waals surface area contributed by atoms with E-state index >= 15 is 0 Å². The average Bonchev–Trinajstić information content (AvgIpc) is 0.757. The van der Waals surface area contributed by atoms with E-state index in [0.29, 0.717) is 158 Å². The van der Waals surface area contributed by atoms with Crippen molar-refractivity contribution in [3.63, 3.8) is 0 Å². The molecule has 0 aromatic heterocycles. The van der Waals surface area contributed by atoms with Gasteiger partial charge in [0.15, 0.2) is 52.6 Å². The van der Waals surface area contributed by atoms with Crippen molar-refractivity contribution in [2.75, 3.05) is 188 Å². The molecule has 8 bridgehead atoms. The van der Waals surface area contributed by atoms with E-state index < -0.39 is 68.4 Å². The molecule has 44 heteroatoms. The Morgan fingerprint density at radius 1 is 0.297 bits per heavy atom. The van der Waals surface area contributed by atoms with Crippen molar-refractivity contribution in [3.05, 3.63) is 132 Å². The number of carbonyl (C=O) groups is 8. The maximum Gasteiger partial charge on any atom is 0.361 e. The number of benzene rings is 4. The van der Waals surface area contributed by atoms with Gasteiger partial charge in [0, 0.05) is 51.9 Å². The molecule has 4 aromatic rings. The third kappa shape index (κ3) is 48.3. The number of nitrogens with one attached hydrogen (secondary N) is 4. The number of rotatable bonds is 40. The van der Waals surface area contributed by atoms with Crippen LogP contribution in [0.2, 0.25) is 0 Å². The van der Waals surface area contributed by atoms with Gasteiger partial charge < -0.3 is 138 Å². The van der Waals surface area contributed by atoms with Gasteiger partial charge in [-0.2, -0.15) is 0 Å². The predicted molar refractivity (Wildman–Crippen MR) is 485 cm³/mol. The molecule has 0 fully saturated rings. The van der Waals surface area contributed by atoms with E-state index in [-0.39, 0.29) is 100 Å². The molecule has 0 atom stereocenters. The predicted octanol–water partition coefficient (Wildman–Crippen LogP) is 10.9. The molecule has 1 aliphatic rings. The maximum absolute atomic E-state index is 14.4. The summed E-state index contributed by atoms with van der Waals surface area (Å²) < 4.78 is 50.5. The summed E-state index contributed by atoms with van der Waals surface area (Å²) in [4.78, 5) is 146. The van der Waals surface area contributed by atoms with Gasteiger partial charge in [0.05, 0.1) is 168 Å². The van der Waals surface area contributed by atoms with E-state index in [1.165, 1.54) is 47.0 Å². The number of hydrogen-bond donors (Lipinski definition) is 4. The highest BCUT2D eigenvalue weighted by Gasteiger charge is 2.34. The third-order valence-electron chi connectivity index (χ3n) is 18.3. The van der Waals surface area contributed by atoms with E-state index in [1.807, 2.05) is 56.4 Å². The Balaban J connectivity index is 0.00000470. The zero-order valence-corrected chi connectivity index (χ0v) is 81.5.